The molecule has 4 nitrogen and oxygen atoms in total. The minimum Gasteiger partial charge on any atom is -0.301 e. The molecule has 1 aromatic heterocycles. The van der Waals surface area contributed by atoms with Crippen LogP contribution in [0.2, 0.25) is 0 Å². The van der Waals surface area contributed by atoms with Gasteiger partial charge in [0.2, 0.25) is 0 Å². The average molecular weight is 300 g/mol. The van der Waals surface area contributed by atoms with E-state index in [0.29, 0.717) is 0 Å². The van der Waals surface area contributed by atoms with Crippen molar-refractivity contribution in [2.45, 2.75) is 16.2 Å². The van der Waals surface area contributed by atoms with E-state index >= 15 is 0 Å². The first-order valence-electron chi connectivity index (χ1n) is 5.30. The monoisotopic (exact) mass is 300 g/mol. The van der Waals surface area contributed by atoms with Crippen LogP contribution >= 0.6 is 11.8 Å². The molecule has 0 bridgehead atoms. The fraction of sp³-hybridized carbons (Fsp3) is 0.0833. The molecule has 20 heavy (non-hydrogen) atoms. The smallest absolute Gasteiger partial charge is 0.301 e. The highest BCUT2D eigenvalue weighted by molar-refractivity contribution is 7.99. The molecule has 1 heterocycles. The summed E-state index contributed by atoms with van der Waals surface area (Å²) in [6.45, 7) is 0. The molecule has 0 fully saturated rings. The van der Waals surface area contributed by atoms with Crippen LogP contribution in [0.4, 0.5) is 13.2 Å². The van der Waals surface area contributed by atoms with E-state index in [-0.39, 0.29) is 16.3 Å². The highest BCUT2D eigenvalue weighted by Gasteiger charge is 2.33. The molecule has 0 aliphatic rings. The van der Waals surface area contributed by atoms with Gasteiger partial charge in [0.05, 0.1) is 5.56 Å². The van der Waals surface area contributed by atoms with Gasteiger partial charge in [-0.25, -0.2) is 4.98 Å². The van der Waals surface area contributed by atoms with Crippen LogP contribution in [0.15, 0.2) is 45.3 Å². The van der Waals surface area contributed by atoms with E-state index in [0.717, 1.165) is 23.9 Å². The molecule has 0 unspecified atom stereocenters. The maximum absolute atomic E-state index is 12.8. The number of benzene rings is 1. The Morgan fingerprint density at radius 1 is 1.25 bits per heavy atom. The number of aromatic nitrogens is 2. The average Bonchev–Trinajstić information content (AvgIpc) is 2.37. The van der Waals surface area contributed by atoms with Gasteiger partial charge in [0.25, 0.3) is 5.56 Å². The first-order valence-corrected chi connectivity index (χ1v) is 6.11. The van der Waals surface area contributed by atoms with Gasteiger partial charge in [-0.1, -0.05) is 11.8 Å². The highest BCUT2D eigenvalue weighted by Crippen LogP contribution is 2.35. The summed E-state index contributed by atoms with van der Waals surface area (Å²) < 4.78 is 38.3. The van der Waals surface area contributed by atoms with E-state index in [1.54, 1.807) is 0 Å². The van der Waals surface area contributed by atoms with Crippen LogP contribution in [0.5, 0.6) is 0 Å². The van der Waals surface area contributed by atoms with Crippen molar-refractivity contribution in [1.29, 1.82) is 0 Å². The Labute approximate surface area is 115 Å². The summed E-state index contributed by atoms with van der Waals surface area (Å²) in [4.78, 5) is 28.1. The summed E-state index contributed by atoms with van der Waals surface area (Å²) in [5.41, 5.74) is -1.85. The van der Waals surface area contributed by atoms with Gasteiger partial charge >= 0.3 is 6.18 Å². The van der Waals surface area contributed by atoms with Gasteiger partial charge in [-0.3, -0.25) is 9.59 Å². The number of hydrogen-bond acceptors (Lipinski definition) is 4. The molecule has 0 atom stereocenters. The van der Waals surface area contributed by atoms with Gasteiger partial charge in [-0.2, -0.15) is 13.2 Å². The van der Waals surface area contributed by atoms with Gasteiger partial charge < -0.3 is 4.98 Å². The Bertz CT molecular complexity index is 698. The first-order chi connectivity index (χ1) is 9.40. The summed E-state index contributed by atoms with van der Waals surface area (Å²) in [5, 5.41) is 0.171. The summed E-state index contributed by atoms with van der Waals surface area (Å²) in [6.07, 6.45) is -3.21. The van der Waals surface area contributed by atoms with Crippen molar-refractivity contribution in [3.8, 4) is 0 Å². The predicted octanol–water partition coefficient (Wildman–Crippen LogP) is 2.75. The molecule has 0 aliphatic carbocycles. The number of aromatic amines is 1. The van der Waals surface area contributed by atoms with Crippen molar-refractivity contribution in [3.05, 3.63) is 51.9 Å². The molecule has 2 rings (SSSR count). The molecule has 0 spiro atoms. The lowest BCUT2D eigenvalue weighted by Crippen LogP contribution is -2.09. The van der Waals surface area contributed by atoms with E-state index in [1.165, 1.54) is 18.3 Å². The van der Waals surface area contributed by atoms with E-state index in [2.05, 4.69) is 9.97 Å². The zero-order valence-corrected chi connectivity index (χ0v) is 10.6. The van der Waals surface area contributed by atoms with E-state index in [1.807, 2.05) is 0 Å². The van der Waals surface area contributed by atoms with E-state index in [9.17, 15) is 22.8 Å². The van der Waals surface area contributed by atoms with Gasteiger partial charge in [-0.15, -0.1) is 0 Å². The van der Waals surface area contributed by atoms with Crippen LogP contribution in [-0.4, -0.2) is 16.3 Å². The van der Waals surface area contributed by atoms with Crippen LogP contribution in [0.1, 0.15) is 15.9 Å². The fourth-order valence-electron chi connectivity index (χ4n) is 1.46. The molecule has 104 valence electrons. The lowest BCUT2D eigenvalue weighted by atomic mass is 10.1. The van der Waals surface area contributed by atoms with Crippen molar-refractivity contribution in [1.82, 2.24) is 9.97 Å². The molecule has 1 aromatic carbocycles. The van der Waals surface area contributed by atoms with Crippen LogP contribution < -0.4 is 5.56 Å². The van der Waals surface area contributed by atoms with Crippen molar-refractivity contribution in [3.63, 3.8) is 0 Å². The van der Waals surface area contributed by atoms with Crippen LogP contribution in [0.25, 0.3) is 0 Å². The summed E-state index contributed by atoms with van der Waals surface area (Å²) >= 11 is 0.869. The molecule has 0 radical (unpaired) electrons. The van der Waals surface area contributed by atoms with Crippen LogP contribution in [-0.2, 0) is 6.18 Å². The van der Waals surface area contributed by atoms with Crippen LogP contribution in [0.3, 0.4) is 0 Å². The number of alkyl halides is 3. The minimum absolute atomic E-state index is 0.153. The predicted molar refractivity (Wildman–Crippen MR) is 65.8 cm³/mol. The molecule has 8 heteroatoms. The minimum atomic E-state index is -4.62. The second-order valence-electron chi connectivity index (χ2n) is 3.71. The van der Waals surface area contributed by atoms with Crippen molar-refractivity contribution in [2.24, 2.45) is 0 Å². The maximum Gasteiger partial charge on any atom is 0.417 e. The number of H-pyrrole nitrogens is 1. The second-order valence-corrected chi connectivity index (χ2v) is 4.77. The largest absolute Gasteiger partial charge is 0.417 e. The molecule has 1 N–H and O–H groups in total. The third kappa shape index (κ3) is 3.27. The van der Waals surface area contributed by atoms with E-state index in [4.69, 9.17) is 0 Å². The Morgan fingerprint density at radius 3 is 2.60 bits per heavy atom. The van der Waals surface area contributed by atoms with E-state index < -0.39 is 22.9 Å². The Balaban J connectivity index is 2.39. The third-order valence-corrected chi connectivity index (χ3v) is 3.21. The lowest BCUT2D eigenvalue weighted by Gasteiger charge is -2.10. The molecule has 2 aromatic rings. The van der Waals surface area contributed by atoms with Crippen LogP contribution in [0, 0.1) is 0 Å². The maximum atomic E-state index is 12.8. The van der Waals surface area contributed by atoms with Crippen molar-refractivity contribution < 1.29 is 18.0 Å². The molecule has 0 amide bonds. The standard InChI is InChI=1S/C12H7F3N2O2S/c13-12(14,15)9-5-8(2-1-7(9)6-18)20-11-16-4-3-10(19)17-11/h1-6H,(H,16,17,19). The fourth-order valence-corrected chi connectivity index (χ4v) is 2.26. The second kappa shape index (κ2) is 5.49. The topological polar surface area (TPSA) is 62.8 Å². The third-order valence-electron chi connectivity index (χ3n) is 2.32. The van der Waals surface area contributed by atoms with Gasteiger partial charge in [0.1, 0.15) is 0 Å². The Hall–Kier alpha value is -2.09. The number of halogens is 3. The quantitative estimate of drug-likeness (QED) is 0.699. The van der Waals surface area contributed by atoms with Crippen molar-refractivity contribution in [2.75, 3.05) is 0 Å². The number of nitrogens with one attached hydrogen (secondary N) is 1. The van der Waals surface area contributed by atoms with Crippen molar-refractivity contribution >= 4 is 18.0 Å². The number of carbonyl (C=O) groups is 1. The molecular weight excluding hydrogens is 293 g/mol. The SMILES string of the molecule is O=Cc1ccc(Sc2nccc(=O)[nH]2)cc1C(F)(F)F. The molecule has 0 saturated carbocycles. The van der Waals surface area contributed by atoms with Gasteiger partial charge in [-0.05, 0) is 18.2 Å². The summed E-state index contributed by atoms with van der Waals surface area (Å²) in [7, 11) is 0. The number of carbonyl (C=O) groups excluding carboxylic acids is 1. The highest BCUT2D eigenvalue weighted by atomic mass is 32.2. The zero-order valence-electron chi connectivity index (χ0n) is 9.77. The number of rotatable bonds is 3. The van der Waals surface area contributed by atoms with Gasteiger partial charge in [0, 0.05) is 22.7 Å². The Morgan fingerprint density at radius 2 is 2.00 bits per heavy atom. The number of nitrogens with zero attached hydrogens (tertiary/aromatic N) is 1. The molecular formula is C12H7F3N2O2S. The molecule has 0 saturated heterocycles. The normalized spacial score (nSPS) is 11.3. The first kappa shape index (κ1) is 14.3. The number of hydrogen-bond donors (Lipinski definition) is 1. The zero-order chi connectivity index (χ0) is 14.8. The molecule has 0 aliphatic heterocycles. The summed E-state index contributed by atoms with van der Waals surface area (Å²) in [5.74, 6) is 0. The lowest BCUT2D eigenvalue weighted by molar-refractivity contribution is -0.138. The number of aldehydes is 1. The summed E-state index contributed by atoms with van der Waals surface area (Å²) in [6, 6.07) is 4.48. The van der Waals surface area contributed by atoms with Gasteiger partial charge in [0.15, 0.2) is 11.4 Å². The Kier molecular flexibility index (Phi) is 3.93.